The van der Waals surface area contributed by atoms with E-state index in [1.807, 2.05) is 31.2 Å². The largest absolute Gasteiger partial charge is 0.391 e. The lowest BCUT2D eigenvalue weighted by atomic mass is 9.86. The summed E-state index contributed by atoms with van der Waals surface area (Å²) in [5, 5.41) is 12.9. The molecule has 21 heavy (non-hydrogen) atoms. The van der Waals surface area contributed by atoms with Crippen LogP contribution in [0.5, 0.6) is 0 Å². The highest BCUT2D eigenvalue weighted by Crippen LogP contribution is 2.29. The van der Waals surface area contributed by atoms with Gasteiger partial charge in [-0.15, -0.1) is 0 Å². The number of anilines is 1. The molecule has 1 fully saturated rings. The van der Waals surface area contributed by atoms with E-state index in [1.165, 1.54) is 0 Å². The summed E-state index contributed by atoms with van der Waals surface area (Å²) in [6, 6.07) is 7.77. The fraction of sp³-hybridized carbons (Fsp3) is 0.588. The van der Waals surface area contributed by atoms with Crippen molar-refractivity contribution < 1.29 is 9.90 Å². The van der Waals surface area contributed by atoms with Gasteiger partial charge in [0, 0.05) is 18.8 Å². The second kappa shape index (κ2) is 6.06. The number of carbonyl (C=O) groups is 1. The molecule has 1 heterocycles. The molecular formula is C17H26N2O2. The summed E-state index contributed by atoms with van der Waals surface area (Å²) in [5.41, 5.74) is 1.94. The van der Waals surface area contributed by atoms with Gasteiger partial charge in [0.25, 0.3) is 0 Å². The first-order valence-corrected chi connectivity index (χ1v) is 7.62. The van der Waals surface area contributed by atoms with Gasteiger partial charge in [0.1, 0.15) is 0 Å². The van der Waals surface area contributed by atoms with Gasteiger partial charge >= 0.3 is 6.03 Å². The maximum atomic E-state index is 12.4. The van der Waals surface area contributed by atoms with Gasteiger partial charge in [-0.05, 0) is 29.4 Å². The summed E-state index contributed by atoms with van der Waals surface area (Å²) in [6.45, 7) is 9.51. The Morgan fingerprint density at radius 1 is 1.33 bits per heavy atom. The number of amides is 2. The number of hydrogen-bond donors (Lipinski definition) is 2. The Kier molecular flexibility index (Phi) is 4.57. The Labute approximate surface area is 127 Å². The number of likely N-dealkylation sites (tertiary alicyclic amines) is 1. The lowest BCUT2D eigenvalue weighted by molar-refractivity contribution is 0.0463. The van der Waals surface area contributed by atoms with Crippen molar-refractivity contribution in [3.05, 3.63) is 29.8 Å². The number of nitrogens with zero attached hydrogens (tertiary/aromatic N) is 1. The molecule has 2 rings (SSSR count). The number of aliphatic hydroxyl groups is 1. The molecule has 4 heteroatoms. The molecule has 0 radical (unpaired) electrons. The molecule has 2 unspecified atom stereocenters. The minimum Gasteiger partial charge on any atom is -0.391 e. The second-order valence-electron chi connectivity index (χ2n) is 7.01. The van der Waals surface area contributed by atoms with Crippen molar-refractivity contribution in [3.8, 4) is 0 Å². The summed E-state index contributed by atoms with van der Waals surface area (Å²) >= 11 is 0. The van der Waals surface area contributed by atoms with Gasteiger partial charge in [-0.3, -0.25) is 0 Å². The van der Waals surface area contributed by atoms with Crippen LogP contribution in [0.3, 0.4) is 0 Å². The van der Waals surface area contributed by atoms with Crippen LogP contribution in [0.2, 0.25) is 0 Å². The van der Waals surface area contributed by atoms with E-state index in [-0.39, 0.29) is 17.4 Å². The summed E-state index contributed by atoms with van der Waals surface area (Å²) in [4.78, 5) is 14.1. The van der Waals surface area contributed by atoms with Crippen LogP contribution in [0.25, 0.3) is 0 Å². The Morgan fingerprint density at radius 3 is 2.62 bits per heavy atom. The topological polar surface area (TPSA) is 52.6 Å². The predicted molar refractivity (Wildman–Crippen MR) is 85.5 cm³/mol. The van der Waals surface area contributed by atoms with Crippen LogP contribution in [0, 0.1) is 5.92 Å². The molecule has 2 N–H and O–H groups in total. The van der Waals surface area contributed by atoms with Crippen molar-refractivity contribution in [2.24, 2.45) is 5.92 Å². The number of piperidine rings is 1. The zero-order valence-electron chi connectivity index (χ0n) is 13.4. The number of rotatable bonds is 1. The molecule has 0 aromatic heterocycles. The number of carbonyl (C=O) groups excluding carboxylic acids is 1. The molecule has 1 aromatic rings. The number of hydrogen-bond acceptors (Lipinski definition) is 2. The number of para-hydroxylation sites is 1. The zero-order chi connectivity index (χ0) is 15.6. The fourth-order valence-electron chi connectivity index (χ4n) is 2.67. The van der Waals surface area contributed by atoms with Crippen molar-refractivity contribution >= 4 is 11.7 Å². The molecule has 1 aliphatic heterocycles. The molecule has 1 aliphatic rings. The third kappa shape index (κ3) is 3.76. The van der Waals surface area contributed by atoms with Crippen LogP contribution in [0.15, 0.2) is 24.3 Å². The molecule has 4 nitrogen and oxygen atoms in total. The maximum absolute atomic E-state index is 12.4. The lowest BCUT2D eigenvalue weighted by Gasteiger charge is -2.34. The van der Waals surface area contributed by atoms with E-state index in [4.69, 9.17) is 0 Å². The predicted octanol–water partition coefficient (Wildman–Crippen LogP) is 3.22. The first-order valence-electron chi connectivity index (χ1n) is 7.62. The minimum atomic E-state index is -0.428. The van der Waals surface area contributed by atoms with Crippen molar-refractivity contribution in [2.45, 2.75) is 45.6 Å². The van der Waals surface area contributed by atoms with Crippen molar-refractivity contribution in [2.75, 3.05) is 18.4 Å². The summed E-state index contributed by atoms with van der Waals surface area (Å²) in [6.07, 6.45) is 0.414. The van der Waals surface area contributed by atoms with Crippen LogP contribution < -0.4 is 5.32 Å². The van der Waals surface area contributed by atoms with Crippen molar-refractivity contribution in [1.82, 2.24) is 4.90 Å². The maximum Gasteiger partial charge on any atom is 0.321 e. The first kappa shape index (κ1) is 15.8. The fourth-order valence-corrected chi connectivity index (χ4v) is 2.67. The lowest BCUT2D eigenvalue weighted by Crippen LogP contribution is -2.47. The highest BCUT2D eigenvalue weighted by molar-refractivity contribution is 5.90. The van der Waals surface area contributed by atoms with E-state index in [0.717, 1.165) is 17.7 Å². The number of nitrogens with one attached hydrogen (secondary N) is 1. The van der Waals surface area contributed by atoms with Crippen molar-refractivity contribution in [3.63, 3.8) is 0 Å². The van der Waals surface area contributed by atoms with Gasteiger partial charge in [0.05, 0.1) is 6.10 Å². The highest BCUT2D eigenvalue weighted by Gasteiger charge is 2.28. The molecule has 116 valence electrons. The highest BCUT2D eigenvalue weighted by atomic mass is 16.3. The van der Waals surface area contributed by atoms with Crippen molar-refractivity contribution in [1.29, 1.82) is 0 Å². The Morgan fingerprint density at radius 2 is 2.00 bits per heavy atom. The number of urea groups is 1. The van der Waals surface area contributed by atoms with Gasteiger partial charge in [-0.2, -0.15) is 0 Å². The van der Waals surface area contributed by atoms with Crippen LogP contribution >= 0.6 is 0 Å². The summed E-state index contributed by atoms with van der Waals surface area (Å²) < 4.78 is 0. The number of β-amino-alcohol motifs (C(OH)–C–C–N with tert-alkyl or cyclic N) is 1. The van der Waals surface area contributed by atoms with E-state index in [1.54, 1.807) is 4.90 Å². The Hall–Kier alpha value is -1.55. The molecule has 0 spiro atoms. The molecule has 0 aliphatic carbocycles. The molecule has 2 amide bonds. The van der Waals surface area contributed by atoms with Gasteiger partial charge in [0.2, 0.25) is 0 Å². The Balaban J connectivity index is 2.10. The SMILES string of the molecule is CC1CCN(C(=O)Nc2ccccc2C(C)(C)C)CC1O. The standard InChI is InChI=1S/C17H26N2O2/c1-12-9-10-19(11-15(12)20)16(21)18-14-8-6-5-7-13(14)17(2,3)4/h5-8,12,15,20H,9-11H2,1-4H3,(H,18,21). The van der Waals surface area contributed by atoms with Crippen LogP contribution in [0.4, 0.5) is 10.5 Å². The van der Waals surface area contributed by atoms with Crippen LogP contribution in [-0.4, -0.2) is 35.2 Å². The smallest absolute Gasteiger partial charge is 0.321 e. The number of aliphatic hydroxyl groups excluding tert-OH is 1. The van der Waals surface area contributed by atoms with E-state index in [9.17, 15) is 9.90 Å². The molecule has 0 bridgehead atoms. The molecule has 1 aromatic carbocycles. The average Bonchev–Trinajstić information content (AvgIpc) is 2.41. The summed E-state index contributed by atoms with van der Waals surface area (Å²) in [5.74, 6) is 0.260. The Bertz CT molecular complexity index is 508. The first-order chi connectivity index (χ1) is 9.79. The average molecular weight is 290 g/mol. The van der Waals surface area contributed by atoms with Gasteiger partial charge in [-0.25, -0.2) is 4.79 Å². The zero-order valence-corrected chi connectivity index (χ0v) is 13.4. The molecule has 1 saturated heterocycles. The van der Waals surface area contributed by atoms with Gasteiger partial charge in [-0.1, -0.05) is 45.9 Å². The third-order valence-electron chi connectivity index (χ3n) is 4.18. The quantitative estimate of drug-likeness (QED) is 0.834. The van der Waals surface area contributed by atoms with E-state index in [0.29, 0.717) is 13.1 Å². The van der Waals surface area contributed by atoms with E-state index >= 15 is 0 Å². The number of benzene rings is 1. The van der Waals surface area contributed by atoms with E-state index < -0.39 is 6.10 Å². The van der Waals surface area contributed by atoms with Gasteiger partial charge < -0.3 is 15.3 Å². The molecule has 2 atom stereocenters. The summed E-state index contributed by atoms with van der Waals surface area (Å²) in [7, 11) is 0. The van der Waals surface area contributed by atoms with Gasteiger partial charge in [0.15, 0.2) is 0 Å². The second-order valence-corrected chi connectivity index (χ2v) is 7.01. The molecular weight excluding hydrogens is 264 g/mol. The van der Waals surface area contributed by atoms with Crippen LogP contribution in [-0.2, 0) is 5.41 Å². The molecule has 0 saturated carbocycles. The third-order valence-corrected chi connectivity index (χ3v) is 4.18. The monoisotopic (exact) mass is 290 g/mol. The minimum absolute atomic E-state index is 0.0280. The van der Waals surface area contributed by atoms with E-state index in [2.05, 4.69) is 26.1 Å². The van der Waals surface area contributed by atoms with Crippen LogP contribution in [0.1, 0.15) is 39.7 Å². The normalized spacial score (nSPS) is 23.0.